The second kappa shape index (κ2) is 17.0. The third-order valence-electron chi connectivity index (χ3n) is 4.68. The Hall–Kier alpha value is 2.10. The second-order valence-corrected chi connectivity index (χ2v) is 25.5. The zero-order valence-electron chi connectivity index (χ0n) is 27.3. The number of halogens is 2. The van der Waals surface area contributed by atoms with E-state index in [0.717, 1.165) is 0 Å². The van der Waals surface area contributed by atoms with Gasteiger partial charge in [0, 0.05) is 15.8 Å². The topological polar surface area (TPSA) is 0 Å². The van der Waals surface area contributed by atoms with Gasteiger partial charge in [0.15, 0.2) is 0 Å². The Bertz CT molecular complexity index is 397. The van der Waals surface area contributed by atoms with Crippen LogP contribution >= 0.6 is 34.9 Å². The van der Waals surface area contributed by atoms with Crippen molar-refractivity contribution in [2.75, 3.05) is 37.0 Å². The summed E-state index contributed by atoms with van der Waals surface area (Å²) in [4.78, 5) is 0. The Morgan fingerprint density at radius 3 is 0.486 bits per heavy atom. The Morgan fingerprint density at radius 1 is 0.343 bits per heavy atom. The number of hydrogen-bond acceptors (Lipinski definition) is 0. The zero-order valence-corrected chi connectivity index (χ0v) is 32.4. The van der Waals surface area contributed by atoms with Gasteiger partial charge in [-0.2, -0.15) is 0 Å². The molecule has 0 fully saturated rings. The number of rotatable bonds is 6. The maximum atomic E-state index is 4.81. The van der Waals surface area contributed by atoms with Gasteiger partial charge in [-0.1, -0.05) is 125 Å². The summed E-state index contributed by atoms with van der Waals surface area (Å²) >= 11 is -0.106. The van der Waals surface area contributed by atoms with Crippen LogP contribution in [0.2, 0.25) is 0 Å². The van der Waals surface area contributed by atoms with E-state index in [2.05, 4.69) is 125 Å². The molecule has 0 aliphatic heterocycles. The first-order valence-corrected chi connectivity index (χ1v) is 21.7. The molecule has 0 saturated carbocycles. The molecule has 0 heterocycles. The molecule has 220 valence electrons. The summed E-state index contributed by atoms with van der Waals surface area (Å²) in [6.45, 7) is 43.1. The average molecular weight is 668 g/mol. The molecule has 0 bridgehead atoms. The van der Waals surface area contributed by atoms with Crippen molar-refractivity contribution in [1.29, 1.82) is 0 Å². The quantitative estimate of drug-likeness (QED) is 0.195. The summed E-state index contributed by atoms with van der Waals surface area (Å²) in [5.41, 5.74) is 3.03. The standard InChI is InChI=1S/2C15H33P.2ClH.Pd/c2*1-13(2,3)10-16(11-14(4,5)6)12-15(7,8)9;;;/h2*10-12H2,1-9H3;2*1H;/q;;;;+2. The van der Waals surface area contributed by atoms with Gasteiger partial charge >= 0.3 is 35.0 Å². The van der Waals surface area contributed by atoms with Gasteiger partial charge in [0.1, 0.15) is 0 Å². The minimum atomic E-state index is -0.217. The number of hydrogen-bond donors (Lipinski definition) is 0. The normalized spacial score (nSPS) is 14.0. The fourth-order valence-electron chi connectivity index (χ4n) is 4.87. The fourth-order valence-corrected chi connectivity index (χ4v) is 14.6. The summed E-state index contributed by atoms with van der Waals surface area (Å²) in [5, 5.41) is 0. The van der Waals surface area contributed by atoms with Gasteiger partial charge in [-0.3, -0.25) is 0 Å². The van der Waals surface area contributed by atoms with Crippen LogP contribution in [-0.2, 0) is 15.9 Å². The van der Waals surface area contributed by atoms with Crippen molar-refractivity contribution in [2.24, 2.45) is 32.5 Å². The van der Waals surface area contributed by atoms with Crippen LogP contribution in [0.25, 0.3) is 0 Å². The van der Waals surface area contributed by atoms with E-state index in [0.29, 0.717) is 32.5 Å². The molecule has 0 radical (unpaired) electrons. The van der Waals surface area contributed by atoms with E-state index in [1.807, 2.05) is 0 Å². The molecule has 0 atom stereocenters. The molecular weight excluding hydrogens is 600 g/mol. The predicted octanol–water partition coefficient (Wildman–Crippen LogP) is 12.1. The van der Waals surface area contributed by atoms with Crippen molar-refractivity contribution in [1.82, 2.24) is 0 Å². The molecule has 0 amide bonds. The van der Waals surface area contributed by atoms with E-state index < -0.39 is 0 Å². The van der Waals surface area contributed by atoms with Crippen LogP contribution in [0.1, 0.15) is 125 Å². The van der Waals surface area contributed by atoms with Crippen molar-refractivity contribution >= 4 is 34.9 Å². The molecule has 0 aromatic rings. The summed E-state index contributed by atoms with van der Waals surface area (Å²) in [6, 6.07) is 0. The van der Waals surface area contributed by atoms with Gasteiger partial charge in [0.05, 0.1) is 37.0 Å². The maximum absolute atomic E-state index is 4.81. The molecule has 0 aromatic carbocycles. The van der Waals surface area contributed by atoms with Gasteiger partial charge in [0.25, 0.3) is 0 Å². The Labute approximate surface area is 243 Å². The third kappa shape index (κ3) is 40.7. The summed E-state index contributed by atoms with van der Waals surface area (Å²) in [5.74, 6) is 0. The molecule has 0 rings (SSSR count). The van der Waals surface area contributed by atoms with Gasteiger partial charge < -0.3 is 0 Å². The molecule has 0 aromatic heterocycles. The Morgan fingerprint density at radius 2 is 0.429 bits per heavy atom. The molecule has 5 heteroatoms. The minimum absolute atomic E-state index is 0.106. The Balaban J connectivity index is -0.000000525. The first-order valence-electron chi connectivity index (χ1n) is 13.5. The molecule has 0 aliphatic carbocycles. The molecular formula is C30H68Cl2P2Pd+2. The van der Waals surface area contributed by atoms with Gasteiger partial charge in [-0.25, -0.2) is 0 Å². The third-order valence-corrected chi connectivity index (χ3v) is 14.0. The Kier molecular flexibility index (Phi) is 20.2. The van der Waals surface area contributed by atoms with Crippen LogP contribution in [0, 0.1) is 32.5 Å². The molecule has 0 aliphatic rings. The molecule has 35 heavy (non-hydrogen) atoms. The van der Waals surface area contributed by atoms with Crippen LogP contribution < -0.4 is 0 Å². The molecule has 0 spiro atoms. The van der Waals surface area contributed by atoms with Crippen molar-refractivity contribution in [3.63, 3.8) is 0 Å². The van der Waals surface area contributed by atoms with Gasteiger partial charge in [-0.15, -0.1) is 0 Å². The fraction of sp³-hybridized carbons (Fsp3) is 1.00. The summed E-state index contributed by atoms with van der Waals surface area (Å²) < 4.78 is 0. The van der Waals surface area contributed by atoms with Gasteiger partial charge in [-0.05, 0) is 32.5 Å². The monoisotopic (exact) mass is 666 g/mol. The van der Waals surface area contributed by atoms with E-state index >= 15 is 0 Å². The molecule has 0 unspecified atom stereocenters. The average Bonchev–Trinajstić information content (AvgIpc) is 2.35. The van der Waals surface area contributed by atoms with Crippen LogP contribution in [0.5, 0.6) is 0 Å². The van der Waals surface area contributed by atoms with Crippen LogP contribution in [0.4, 0.5) is 0 Å². The molecule has 0 N–H and O–H groups in total. The first-order chi connectivity index (χ1) is 15.0. The van der Waals surface area contributed by atoms with Gasteiger partial charge in [0.2, 0.25) is 0 Å². The summed E-state index contributed by atoms with van der Waals surface area (Å²) in [6.07, 6.45) is 8.70. The van der Waals surface area contributed by atoms with E-state index in [-0.39, 0.29) is 31.8 Å². The SMILES string of the molecule is CC(C)(C)C[PH+](CC(C)(C)C)CC(C)(C)C.CC(C)(C)C[PH+](CC(C)(C)C)CC(C)(C)C.[Cl][Pd][Cl]. The van der Waals surface area contributed by atoms with Crippen molar-refractivity contribution < 1.29 is 15.9 Å². The molecule has 0 saturated heterocycles. The first kappa shape index (κ1) is 41.6. The van der Waals surface area contributed by atoms with Crippen LogP contribution in [-0.4, -0.2) is 37.0 Å². The zero-order chi connectivity index (χ0) is 29.1. The predicted molar refractivity (Wildman–Crippen MR) is 174 cm³/mol. The van der Waals surface area contributed by atoms with E-state index in [1.165, 1.54) is 37.0 Å². The van der Waals surface area contributed by atoms with E-state index in [9.17, 15) is 0 Å². The van der Waals surface area contributed by atoms with Crippen molar-refractivity contribution in [3.8, 4) is 0 Å². The van der Waals surface area contributed by atoms with Crippen LogP contribution in [0.3, 0.4) is 0 Å². The molecule has 0 nitrogen and oxygen atoms in total. The van der Waals surface area contributed by atoms with Crippen molar-refractivity contribution in [2.45, 2.75) is 125 Å². The van der Waals surface area contributed by atoms with Crippen LogP contribution in [0.15, 0.2) is 0 Å². The summed E-state index contributed by atoms with van der Waals surface area (Å²) in [7, 11) is 9.19. The second-order valence-electron chi connectivity index (χ2n) is 18.0. The van der Waals surface area contributed by atoms with E-state index in [4.69, 9.17) is 19.1 Å². The van der Waals surface area contributed by atoms with E-state index in [1.54, 1.807) is 0 Å². The van der Waals surface area contributed by atoms with Crippen molar-refractivity contribution in [3.05, 3.63) is 0 Å².